The lowest BCUT2D eigenvalue weighted by atomic mass is 10.1. The summed E-state index contributed by atoms with van der Waals surface area (Å²) in [7, 11) is -3.67. The van der Waals surface area contributed by atoms with Crippen LogP contribution in [0.25, 0.3) is 0 Å². The molecule has 0 spiro atoms. The third-order valence-corrected chi connectivity index (χ3v) is 10.7. The Hall–Kier alpha value is -5.74. The zero-order valence-corrected chi connectivity index (χ0v) is 27.8. The average Bonchev–Trinajstić information content (AvgIpc) is 3.51. The van der Waals surface area contributed by atoms with E-state index in [0.29, 0.717) is 41.0 Å². The first-order valence-corrected chi connectivity index (χ1v) is 17.8. The van der Waals surface area contributed by atoms with Gasteiger partial charge in [-0.2, -0.15) is 0 Å². The molecule has 0 fully saturated rings. The number of rotatable bonds is 12. The number of nitro groups is 2. The Bertz CT molecular complexity index is 2030. The van der Waals surface area contributed by atoms with Crippen LogP contribution in [0, 0.1) is 20.2 Å². The van der Waals surface area contributed by atoms with E-state index in [0.717, 1.165) is 21.9 Å². The van der Waals surface area contributed by atoms with E-state index >= 15 is 0 Å². The first kappa shape index (κ1) is 35.6. The number of hydrogen-bond acceptors (Lipinski definition) is 11. The molecule has 6 rings (SSSR count). The second-order valence-electron chi connectivity index (χ2n) is 11.0. The molecule has 50 heavy (non-hydrogen) atoms. The maximum Gasteiger partial charge on any atom is 0.269 e. The minimum atomic E-state index is -3.67. The highest BCUT2D eigenvalue weighted by atomic mass is 32.2. The molecule has 2 aliphatic heterocycles. The number of carbonyl (C=O) groups is 4. The Morgan fingerprint density at radius 3 is 1.34 bits per heavy atom. The molecule has 4 amide bonds. The van der Waals surface area contributed by atoms with Crippen LogP contribution < -0.4 is 0 Å². The first-order valence-electron chi connectivity index (χ1n) is 15.1. The molecular formula is C34H28N4O10S2. The van der Waals surface area contributed by atoms with E-state index in [4.69, 9.17) is 0 Å². The van der Waals surface area contributed by atoms with Gasteiger partial charge < -0.3 is 0 Å². The minimum Gasteiger partial charge on any atom is -0.274 e. The topological polar surface area (TPSA) is 195 Å². The molecule has 0 N–H and O–H groups in total. The molecule has 0 radical (unpaired) electrons. The Balaban J connectivity index is 0.000000195. The van der Waals surface area contributed by atoms with Gasteiger partial charge in [-0.05, 0) is 67.1 Å². The van der Waals surface area contributed by atoms with Gasteiger partial charge in [0.2, 0.25) is 0 Å². The lowest BCUT2D eigenvalue weighted by Gasteiger charge is -2.13. The van der Waals surface area contributed by atoms with Crippen molar-refractivity contribution in [1.29, 1.82) is 0 Å². The summed E-state index contributed by atoms with van der Waals surface area (Å²) in [6.45, 7) is 0.352. The summed E-state index contributed by atoms with van der Waals surface area (Å²) in [6.07, 6.45) is 0.734. The van der Waals surface area contributed by atoms with E-state index in [1.807, 2.05) is 0 Å². The summed E-state index contributed by atoms with van der Waals surface area (Å²) in [5, 5.41) is 21.2. The number of sulfone groups is 1. The molecule has 0 bridgehead atoms. The second kappa shape index (κ2) is 15.2. The Morgan fingerprint density at radius 2 is 0.940 bits per heavy atom. The number of amides is 4. The number of imide groups is 2. The van der Waals surface area contributed by atoms with E-state index in [9.17, 15) is 47.8 Å². The van der Waals surface area contributed by atoms with E-state index < -0.39 is 31.5 Å². The fourth-order valence-corrected chi connectivity index (χ4v) is 7.40. The van der Waals surface area contributed by atoms with Crippen molar-refractivity contribution in [2.24, 2.45) is 0 Å². The van der Waals surface area contributed by atoms with Gasteiger partial charge in [0.25, 0.3) is 35.0 Å². The highest BCUT2D eigenvalue weighted by Gasteiger charge is 2.35. The van der Waals surface area contributed by atoms with Crippen LogP contribution in [-0.2, 0) is 9.84 Å². The maximum absolute atomic E-state index is 12.3. The largest absolute Gasteiger partial charge is 0.274 e. The van der Waals surface area contributed by atoms with Crippen molar-refractivity contribution in [2.45, 2.75) is 22.6 Å². The molecule has 4 aromatic rings. The van der Waals surface area contributed by atoms with E-state index in [1.54, 1.807) is 60.7 Å². The van der Waals surface area contributed by atoms with Gasteiger partial charge in [0, 0.05) is 42.3 Å². The molecule has 2 heterocycles. The van der Waals surface area contributed by atoms with Crippen LogP contribution in [0.1, 0.15) is 54.3 Å². The predicted octanol–water partition coefficient (Wildman–Crippen LogP) is 5.43. The summed E-state index contributed by atoms with van der Waals surface area (Å²) in [5.74, 6) is -0.910. The van der Waals surface area contributed by atoms with Crippen molar-refractivity contribution in [3.05, 3.63) is 140 Å². The lowest BCUT2D eigenvalue weighted by molar-refractivity contribution is -0.385. The maximum atomic E-state index is 12.3. The van der Waals surface area contributed by atoms with Crippen molar-refractivity contribution in [3.8, 4) is 0 Å². The number of hydrogen-bond donors (Lipinski definition) is 0. The van der Waals surface area contributed by atoms with Crippen LogP contribution >= 0.6 is 11.8 Å². The summed E-state index contributed by atoms with van der Waals surface area (Å²) in [6, 6.07) is 24.2. The molecule has 16 heteroatoms. The third kappa shape index (κ3) is 7.76. The number of nitro benzene ring substituents is 2. The Morgan fingerprint density at radius 1 is 0.560 bits per heavy atom. The summed E-state index contributed by atoms with van der Waals surface area (Å²) in [5.41, 5.74) is 1.42. The normalized spacial score (nSPS) is 13.5. The average molecular weight is 717 g/mol. The third-order valence-electron chi connectivity index (χ3n) is 7.80. The SMILES string of the molecule is O=C1c2ccccc2C(=O)N1CCCS(=O)(=O)c1ccc([N+](=O)[O-])cc1.O=C1c2ccccc2C(=O)N1CCCSc1ccc([N+](=O)[O-])cc1. The number of nitrogens with zero attached hydrogens (tertiary/aromatic N) is 4. The van der Waals surface area contributed by atoms with Crippen molar-refractivity contribution in [1.82, 2.24) is 9.80 Å². The van der Waals surface area contributed by atoms with Gasteiger partial charge >= 0.3 is 0 Å². The van der Waals surface area contributed by atoms with Crippen LogP contribution in [0.3, 0.4) is 0 Å². The van der Waals surface area contributed by atoms with Crippen LogP contribution in [-0.4, -0.2) is 76.3 Å². The molecule has 0 saturated carbocycles. The Labute approximate surface area is 289 Å². The van der Waals surface area contributed by atoms with Crippen molar-refractivity contribution in [2.75, 3.05) is 24.6 Å². The fraction of sp³-hybridized carbons (Fsp3) is 0.176. The van der Waals surface area contributed by atoms with E-state index in [-0.39, 0.29) is 46.8 Å². The monoisotopic (exact) mass is 716 g/mol. The molecule has 4 aromatic carbocycles. The van der Waals surface area contributed by atoms with Crippen LogP contribution in [0.5, 0.6) is 0 Å². The number of thioether (sulfide) groups is 1. The fourth-order valence-electron chi connectivity index (χ4n) is 5.27. The van der Waals surface area contributed by atoms with Gasteiger partial charge in [-0.3, -0.25) is 49.2 Å². The number of non-ortho nitro benzene ring substituents is 2. The number of carbonyl (C=O) groups excluding carboxylic acids is 4. The van der Waals surface area contributed by atoms with E-state index in [2.05, 4.69) is 0 Å². The molecule has 0 aromatic heterocycles. The standard InChI is InChI=1S/C17H14N2O6S.C17H14N2O4S/c20-16-14-4-1-2-5-15(14)17(21)18(16)10-3-11-26(24,25)13-8-6-12(7-9-13)19(22)23;20-16-14-4-1-2-5-15(14)17(21)18(16)10-3-11-24-13-8-6-12(7-9-13)19(22)23/h1-2,4-9H,3,10-11H2;1-2,4-9H,3,10-11H2. The van der Waals surface area contributed by atoms with Crippen molar-refractivity contribution < 1.29 is 37.4 Å². The van der Waals surface area contributed by atoms with Gasteiger partial charge in [-0.1, -0.05) is 24.3 Å². The molecule has 14 nitrogen and oxygen atoms in total. The molecule has 0 saturated heterocycles. The summed E-state index contributed by atoms with van der Waals surface area (Å²) >= 11 is 1.54. The zero-order valence-electron chi connectivity index (χ0n) is 26.2. The van der Waals surface area contributed by atoms with Crippen molar-refractivity contribution in [3.63, 3.8) is 0 Å². The van der Waals surface area contributed by atoms with E-state index in [1.165, 1.54) is 40.9 Å². The molecule has 256 valence electrons. The first-order chi connectivity index (χ1) is 23.9. The molecule has 0 atom stereocenters. The molecule has 2 aliphatic rings. The molecule has 0 unspecified atom stereocenters. The van der Waals surface area contributed by atoms with Crippen LogP contribution in [0.4, 0.5) is 11.4 Å². The van der Waals surface area contributed by atoms with Gasteiger partial charge in [0.05, 0.1) is 42.7 Å². The quantitative estimate of drug-likeness (QED) is 0.0596. The van der Waals surface area contributed by atoms with Crippen LogP contribution in [0.2, 0.25) is 0 Å². The van der Waals surface area contributed by atoms with Gasteiger partial charge in [0.1, 0.15) is 0 Å². The van der Waals surface area contributed by atoms with Gasteiger partial charge in [0.15, 0.2) is 9.84 Å². The smallest absolute Gasteiger partial charge is 0.269 e. The zero-order chi connectivity index (χ0) is 36.0. The number of benzene rings is 4. The second-order valence-corrected chi connectivity index (χ2v) is 14.3. The highest BCUT2D eigenvalue weighted by Crippen LogP contribution is 2.26. The lowest BCUT2D eigenvalue weighted by Crippen LogP contribution is -2.31. The van der Waals surface area contributed by atoms with Crippen LogP contribution in [0.15, 0.2) is 107 Å². The van der Waals surface area contributed by atoms with Gasteiger partial charge in [-0.15, -0.1) is 11.8 Å². The summed E-state index contributed by atoms with van der Waals surface area (Å²) in [4.78, 5) is 72.2. The molecular weight excluding hydrogens is 689 g/mol. The highest BCUT2D eigenvalue weighted by molar-refractivity contribution is 7.99. The minimum absolute atomic E-state index is 0.0153. The predicted molar refractivity (Wildman–Crippen MR) is 182 cm³/mol. The Kier molecular flexibility index (Phi) is 10.8. The summed E-state index contributed by atoms with van der Waals surface area (Å²) < 4.78 is 24.6. The number of fused-ring (bicyclic) bond motifs is 2. The van der Waals surface area contributed by atoms with Gasteiger partial charge in [-0.25, -0.2) is 8.42 Å². The van der Waals surface area contributed by atoms with Crippen molar-refractivity contribution >= 4 is 56.6 Å². The molecule has 0 aliphatic carbocycles.